The summed E-state index contributed by atoms with van der Waals surface area (Å²) in [6.45, 7) is 24.7. The lowest BCUT2D eigenvalue weighted by atomic mass is 10.2. The first-order valence-electron chi connectivity index (χ1n) is 12.9. The van der Waals surface area contributed by atoms with Crippen molar-refractivity contribution in [1.82, 2.24) is 9.97 Å². The molecule has 0 aliphatic rings. The summed E-state index contributed by atoms with van der Waals surface area (Å²) in [5, 5.41) is 2.67. The number of imidazole rings is 1. The van der Waals surface area contributed by atoms with Crippen molar-refractivity contribution in [3.8, 4) is 0 Å². The zero-order valence-electron chi connectivity index (χ0n) is 24.1. The van der Waals surface area contributed by atoms with Gasteiger partial charge in [-0.1, -0.05) is 112 Å². The molecule has 3 aromatic rings. The topological polar surface area (TPSA) is 57.8 Å². The molecule has 1 aromatic heterocycles. The predicted octanol–water partition coefficient (Wildman–Crippen LogP) is 9.67. The Morgan fingerprint density at radius 2 is 1.24 bits per heavy atom. The quantitative estimate of drug-likeness (QED) is 0.399. The summed E-state index contributed by atoms with van der Waals surface area (Å²) >= 11 is 0. The summed E-state index contributed by atoms with van der Waals surface area (Å²) in [5.74, 6) is 2.71. The molecule has 0 fully saturated rings. The van der Waals surface area contributed by atoms with Crippen LogP contribution in [0.4, 0.5) is 5.69 Å². The molecular formula is C30H53N3O. The number of aromatic amines is 1. The fourth-order valence-corrected chi connectivity index (χ4v) is 1.81. The van der Waals surface area contributed by atoms with E-state index in [1.165, 1.54) is 19.8 Å². The Hall–Kier alpha value is -2.62. The van der Waals surface area contributed by atoms with Gasteiger partial charge in [-0.3, -0.25) is 4.79 Å². The van der Waals surface area contributed by atoms with Crippen molar-refractivity contribution in [2.45, 2.75) is 95.9 Å². The number of carbonyl (C=O) groups excluding carboxylic acids is 1. The standard InChI is InChI=1S/C8H8N2.C8H9NO.2C5H12.2C2H6/c1-6-9-7-4-2-3-5-8(7)10-6;1-7(10)9-8-5-3-2-4-6-8;2*1-4-5(2)3;2*1-2/h2-5H,1H3,(H,9,10);2-6H,1H3,(H,9,10);2*5H,4H2,1-3H3;2*1-2H3. The summed E-state index contributed by atoms with van der Waals surface area (Å²) in [5.41, 5.74) is 3.00. The summed E-state index contributed by atoms with van der Waals surface area (Å²) in [4.78, 5) is 17.9. The van der Waals surface area contributed by atoms with Crippen LogP contribution < -0.4 is 5.32 Å². The van der Waals surface area contributed by atoms with Crippen molar-refractivity contribution < 1.29 is 4.79 Å². The van der Waals surface area contributed by atoms with E-state index in [-0.39, 0.29) is 5.91 Å². The van der Waals surface area contributed by atoms with Gasteiger partial charge >= 0.3 is 0 Å². The van der Waals surface area contributed by atoms with Crippen LogP contribution in [0.5, 0.6) is 0 Å². The molecule has 0 unspecified atom stereocenters. The summed E-state index contributed by atoms with van der Waals surface area (Å²) < 4.78 is 0. The Balaban J connectivity index is -0.000000376. The lowest BCUT2D eigenvalue weighted by Gasteiger charge is -1.98. The van der Waals surface area contributed by atoms with Gasteiger partial charge in [-0.2, -0.15) is 0 Å². The number of aryl methyl sites for hydroxylation is 1. The molecule has 0 radical (unpaired) electrons. The van der Waals surface area contributed by atoms with Gasteiger partial charge in [-0.15, -0.1) is 0 Å². The molecule has 4 nitrogen and oxygen atoms in total. The van der Waals surface area contributed by atoms with Gasteiger partial charge in [0.05, 0.1) is 11.0 Å². The Kier molecular flexibility index (Phi) is 26.5. The third-order valence-corrected chi connectivity index (χ3v) is 4.23. The molecule has 0 atom stereocenters. The largest absolute Gasteiger partial charge is 0.342 e. The number of aromatic nitrogens is 2. The number of rotatable bonds is 3. The molecule has 4 heteroatoms. The Labute approximate surface area is 211 Å². The minimum absolute atomic E-state index is 0.0359. The minimum atomic E-state index is -0.0359. The van der Waals surface area contributed by atoms with Crippen molar-refractivity contribution in [2.75, 3.05) is 5.32 Å². The van der Waals surface area contributed by atoms with E-state index in [1.54, 1.807) is 0 Å². The highest BCUT2D eigenvalue weighted by molar-refractivity contribution is 5.88. The van der Waals surface area contributed by atoms with Crippen LogP contribution in [0.2, 0.25) is 0 Å². The number of nitrogens with one attached hydrogen (secondary N) is 2. The maximum atomic E-state index is 10.5. The maximum absolute atomic E-state index is 10.5. The number of H-pyrrole nitrogens is 1. The minimum Gasteiger partial charge on any atom is -0.342 e. The van der Waals surface area contributed by atoms with Crippen molar-refractivity contribution in [3.05, 3.63) is 60.4 Å². The van der Waals surface area contributed by atoms with Gasteiger partial charge in [0.2, 0.25) is 5.91 Å². The van der Waals surface area contributed by atoms with Gasteiger partial charge in [-0.25, -0.2) is 4.98 Å². The van der Waals surface area contributed by atoms with Crippen LogP contribution in [-0.4, -0.2) is 15.9 Å². The Morgan fingerprint density at radius 1 is 0.824 bits per heavy atom. The molecule has 2 aromatic carbocycles. The van der Waals surface area contributed by atoms with Crippen LogP contribution >= 0.6 is 0 Å². The monoisotopic (exact) mass is 471 g/mol. The van der Waals surface area contributed by atoms with E-state index in [2.05, 4.69) is 56.8 Å². The number of carbonyl (C=O) groups is 1. The number of para-hydroxylation sites is 3. The Morgan fingerprint density at radius 3 is 1.62 bits per heavy atom. The normalized spacial score (nSPS) is 8.88. The van der Waals surface area contributed by atoms with Gasteiger partial charge < -0.3 is 10.3 Å². The first-order chi connectivity index (χ1) is 16.2. The molecule has 3 rings (SSSR count). The third-order valence-electron chi connectivity index (χ3n) is 4.23. The molecule has 194 valence electrons. The zero-order chi connectivity index (χ0) is 26.9. The van der Waals surface area contributed by atoms with Crippen molar-refractivity contribution in [2.24, 2.45) is 11.8 Å². The average Bonchev–Trinajstić information content (AvgIpc) is 3.23. The second-order valence-corrected chi connectivity index (χ2v) is 7.99. The van der Waals surface area contributed by atoms with Gasteiger partial charge in [0.25, 0.3) is 0 Å². The first-order valence-corrected chi connectivity index (χ1v) is 12.9. The maximum Gasteiger partial charge on any atom is 0.221 e. The number of nitrogens with zero attached hydrogens (tertiary/aromatic N) is 1. The molecule has 2 N–H and O–H groups in total. The van der Waals surface area contributed by atoms with Gasteiger partial charge in [0.1, 0.15) is 5.82 Å². The number of amides is 1. The van der Waals surface area contributed by atoms with Crippen LogP contribution in [-0.2, 0) is 4.79 Å². The van der Waals surface area contributed by atoms with E-state index in [9.17, 15) is 4.79 Å². The number of fused-ring (bicyclic) bond motifs is 1. The van der Waals surface area contributed by atoms with E-state index < -0.39 is 0 Å². The fraction of sp³-hybridized carbons (Fsp3) is 0.533. The van der Waals surface area contributed by atoms with Crippen LogP contribution in [0.3, 0.4) is 0 Å². The molecule has 0 aliphatic carbocycles. The average molecular weight is 472 g/mol. The zero-order valence-corrected chi connectivity index (χ0v) is 24.1. The van der Waals surface area contributed by atoms with Gasteiger partial charge in [-0.05, 0) is 43.0 Å². The van der Waals surface area contributed by atoms with Crippen molar-refractivity contribution in [1.29, 1.82) is 0 Å². The molecule has 0 aliphatic heterocycles. The SMILES string of the molecule is CC.CC.CC(=O)Nc1ccccc1.CCC(C)C.CCC(C)C.Cc1nc2ccccc2[nH]1. The number of benzene rings is 2. The third kappa shape index (κ3) is 22.6. The molecule has 0 bridgehead atoms. The van der Waals surface area contributed by atoms with Crippen LogP contribution in [0.1, 0.15) is 94.8 Å². The highest BCUT2D eigenvalue weighted by Crippen LogP contribution is 2.08. The molecular weight excluding hydrogens is 418 g/mol. The lowest BCUT2D eigenvalue weighted by molar-refractivity contribution is -0.114. The first kappa shape index (κ1) is 36.0. The van der Waals surface area contributed by atoms with E-state index in [0.29, 0.717) is 0 Å². The second-order valence-electron chi connectivity index (χ2n) is 7.99. The molecule has 0 spiro atoms. The fourth-order valence-electron chi connectivity index (χ4n) is 1.81. The van der Waals surface area contributed by atoms with E-state index in [0.717, 1.165) is 34.4 Å². The van der Waals surface area contributed by atoms with Gasteiger partial charge in [0, 0.05) is 12.6 Å². The number of hydrogen-bond donors (Lipinski definition) is 2. The van der Waals surface area contributed by atoms with Crippen molar-refractivity contribution >= 4 is 22.6 Å². The van der Waals surface area contributed by atoms with Gasteiger partial charge in [0.15, 0.2) is 0 Å². The second kappa shape index (κ2) is 25.0. The van der Waals surface area contributed by atoms with Crippen LogP contribution in [0, 0.1) is 18.8 Å². The van der Waals surface area contributed by atoms with E-state index in [4.69, 9.17) is 0 Å². The smallest absolute Gasteiger partial charge is 0.221 e. The molecule has 1 amide bonds. The molecule has 34 heavy (non-hydrogen) atoms. The summed E-state index contributed by atoms with van der Waals surface area (Å²) in [6.07, 6.45) is 2.61. The molecule has 0 saturated heterocycles. The van der Waals surface area contributed by atoms with E-state index >= 15 is 0 Å². The number of hydrogen-bond acceptors (Lipinski definition) is 2. The summed E-state index contributed by atoms with van der Waals surface area (Å²) in [7, 11) is 0. The van der Waals surface area contributed by atoms with E-state index in [1.807, 2.05) is 89.2 Å². The predicted molar refractivity (Wildman–Crippen MR) is 155 cm³/mol. The Bertz CT molecular complexity index is 767. The van der Waals surface area contributed by atoms with Crippen LogP contribution in [0.15, 0.2) is 54.6 Å². The number of anilines is 1. The van der Waals surface area contributed by atoms with Crippen LogP contribution in [0.25, 0.3) is 11.0 Å². The molecule has 1 heterocycles. The highest BCUT2D eigenvalue weighted by atomic mass is 16.1. The van der Waals surface area contributed by atoms with Crippen molar-refractivity contribution in [3.63, 3.8) is 0 Å². The summed E-state index contributed by atoms with van der Waals surface area (Å²) in [6, 6.07) is 17.4. The lowest BCUT2D eigenvalue weighted by Crippen LogP contribution is -2.04. The molecule has 0 saturated carbocycles. The highest BCUT2D eigenvalue weighted by Gasteiger charge is 1.94.